The van der Waals surface area contributed by atoms with Crippen molar-refractivity contribution in [1.29, 1.82) is 0 Å². The molecular weight excluding hydrogens is 463 g/mol. The van der Waals surface area contributed by atoms with Gasteiger partial charge in [0.1, 0.15) is 0 Å². The second-order valence-electron chi connectivity index (χ2n) is 2.57. The highest BCUT2D eigenvalue weighted by molar-refractivity contribution is 7.77. The normalized spacial score (nSPS) is 15.6. The summed E-state index contributed by atoms with van der Waals surface area (Å²) in [5.41, 5.74) is -0.109. The Bertz CT molecular complexity index is 224. The van der Waals surface area contributed by atoms with Gasteiger partial charge in [0.05, 0.1) is 0 Å². The van der Waals surface area contributed by atoms with Gasteiger partial charge in [-0.15, -0.1) is 112 Å². The van der Waals surface area contributed by atoms with E-state index in [0.29, 0.717) is 0 Å². The molecule has 13 heteroatoms. The van der Waals surface area contributed by atoms with Crippen LogP contribution in [0.1, 0.15) is 0 Å². The standard InChI is InChI=1S/C2H2Cl10Si3/c3-2(4,15(10,11)12)13(5,6)1-14(7,8)9/h1H2. The molecule has 0 saturated heterocycles. The van der Waals surface area contributed by atoms with Crippen LogP contribution in [-0.4, -0.2) is 22.3 Å². The number of alkyl halides is 2. The molecular formula is C2H2Cl10Si3. The van der Waals surface area contributed by atoms with E-state index < -0.39 is 22.3 Å². The van der Waals surface area contributed by atoms with E-state index >= 15 is 0 Å². The van der Waals surface area contributed by atoms with E-state index in [2.05, 4.69) is 0 Å². The summed E-state index contributed by atoms with van der Waals surface area (Å²) < 4.78 is -1.83. The van der Waals surface area contributed by atoms with E-state index in [-0.39, 0.29) is 5.67 Å². The smallest absolute Gasteiger partial charge is 0.143 e. The van der Waals surface area contributed by atoms with Crippen LogP contribution in [-0.2, 0) is 0 Å². The zero-order valence-corrected chi connectivity index (χ0v) is 17.0. The zero-order valence-electron chi connectivity index (χ0n) is 6.49. The topological polar surface area (TPSA) is 0 Å². The Morgan fingerprint density at radius 3 is 1.27 bits per heavy atom. The predicted octanol–water partition coefficient (Wildman–Crippen LogP) is 6.01. The second-order valence-corrected chi connectivity index (χ2v) is 31.1. The van der Waals surface area contributed by atoms with E-state index in [1.807, 2.05) is 0 Å². The number of rotatable bonds is 4. The minimum Gasteiger partial charge on any atom is -0.143 e. The van der Waals surface area contributed by atoms with Gasteiger partial charge >= 0.3 is 12.0 Å². The fraction of sp³-hybridized carbons (Fsp3) is 1.00. The average molecular weight is 465 g/mol. The third kappa shape index (κ3) is 5.59. The SMILES string of the molecule is ClC(Cl)([Si](Cl)(Cl)Cl)[Si](Cl)(Cl)C[Si](Cl)(Cl)Cl. The van der Waals surface area contributed by atoms with Crippen molar-refractivity contribution in [2.75, 3.05) is 0 Å². The first-order chi connectivity index (χ1) is 6.21. The van der Waals surface area contributed by atoms with Crippen LogP contribution in [0.25, 0.3) is 0 Å². The summed E-state index contributed by atoms with van der Waals surface area (Å²) in [4.78, 5) is 0. The lowest BCUT2D eigenvalue weighted by Gasteiger charge is -2.35. The predicted molar refractivity (Wildman–Crippen MR) is 83.3 cm³/mol. The highest BCUT2D eigenvalue weighted by atomic mass is 35.8. The number of hydrogen-bond donors (Lipinski definition) is 0. The molecule has 0 atom stereocenters. The fourth-order valence-corrected chi connectivity index (χ4v) is 29.4. The van der Waals surface area contributed by atoms with Crippen molar-refractivity contribution in [3.8, 4) is 0 Å². The van der Waals surface area contributed by atoms with Crippen LogP contribution < -0.4 is 0 Å². The van der Waals surface area contributed by atoms with Crippen LogP contribution in [0.5, 0.6) is 0 Å². The summed E-state index contributed by atoms with van der Waals surface area (Å²) in [6, 6.07) is -6.62. The largest absolute Gasteiger partial charge is 0.376 e. The Kier molecular flexibility index (Phi) is 7.29. The lowest BCUT2D eigenvalue weighted by molar-refractivity contribution is 1.58. The molecule has 0 aliphatic carbocycles. The van der Waals surface area contributed by atoms with Gasteiger partial charge in [-0.1, -0.05) is 0 Å². The maximum absolute atomic E-state index is 6.00. The highest BCUT2D eigenvalue weighted by Crippen LogP contribution is 2.54. The third-order valence-corrected chi connectivity index (χ3v) is 27.8. The van der Waals surface area contributed by atoms with Crippen LogP contribution >= 0.6 is 112 Å². The average Bonchev–Trinajstić information content (AvgIpc) is 1.77. The summed E-state index contributed by atoms with van der Waals surface area (Å²) >= 11 is 57.9. The van der Waals surface area contributed by atoms with Crippen LogP contribution in [0.15, 0.2) is 0 Å². The maximum atomic E-state index is 6.00. The first-order valence-corrected chi connectivity index (χ1v) is 18.4. The first kappa shape index (κ1) is 18.6. The van der Waals surface area contributed by atoms with E-state index in [9.17, 15) is 0 Å². The molecule has 0 radical (unpaired) electrons. The number of hydrogen-bond acceptors (Lipinski definition) is 0. The Morgan fingerprint density at radius 2 is 1.07 bits per heavy atom. The summed E-state index contributed by atoms with van der Waals surface area (Å²) in [6.45, 7) is -3.39. The maximum Gasteiger partial charge on any atom is 0.376 e. The molecule has 15 heavy (non-hydrogen) atoms. The molecule has 0 heterocycles. The molecule has 0 spiro atoms. The van der Waals surface area contributed by atoms with E-state index in [1.54, 1.807) is 0 Å². The van der Waals surface area contributed by atoms with Gasteiger partial charge in [-0.05, 0) is 0 Å². The van der Waals surface area contributed by atoms with Gasteiger partial charge in [-0.25, -0.2) is 0 Å². The molecule has 0 rings (SSSR count). The Labute approximate surface area is 138 Å². The molecule has 0 fully saturated rings. The van der Waals surface area contributed by atoms with Gasteiger partial charge in [0.25, 0.3) is 6.69 Å². The monoisotopic (exact) mass is 460 g/mol. The lowest BCUT2D eigenvalue weighted by Crippen LogP contribution is -2.56. The second kappa shape index (κ2) is 5.90. The van der Waals surface area contributed by atoms with Crippen molar-refractivity contribution in [2.24, 2.45) is 0 Å². The Morgan fingerprint density at radius 1 is 0.733 bits per heavy atom. The summed E-state index contributed by atoms with van der Waals surface area (Å²) in [5.74, 6) is 0. The van der Waals surface area contributed by atoms with E-state index in [1.165, 1.54) is 0 Å². The van der Waals surface area contributed by atoms with Crippen molar-refractivity contribution in [3.63, 3.8) is 0 Å². The first-order valence-electron chi connectivity index (χ1n) is 3.10. The Hall–Kier alpha value is 3.55. The summed E-state index contributed by atoms with van der Waals surface area (Å²) in [5, 5.41) is 0. The molecule has 92 valence electrons. The van der Waals surface area contributed by atoms with Gasteiger partial charge in [-0.2, -0.15) is 0 Å². The van der Waals surface area contributed by atoms with E-state index in [0.717, 1.165) is 0 Å². The highest BCUT2D eigenvalue weighted by Gasteiger charge is 2.66. The minimum atomic E-state index is -3.53. The van der Waals surface area contributed by atoms with E-state index in [4.69, 9.17) is 112 Å². The quantitative estimate of drug-likeness (QED) is 0.272. The van der Waals surface area contributed by atoms with Crippen molar-refractivity contribution in [2.45, 2.75) is 9.25 Å². The van der Waals surface area contributed by atoms with Gasteiger partial charge in [0.2, 0.25) is 0 Å². The number of halogens is 10. The van der Waals surface area contributed by atoms with Crippen molar-refractivity contribution >= 4 is 131 Å². The molecule has 0 nitrogen and oxygen atoms in total. The van der Waals surface area contributed by atoms with Crippen LogP contribution in [0, 0.1) is 0 Å². The van der Waals surface area contributed by atoms with Gasteiger partial charge in [0, 0.05) is 5.67 Å². The van der Waals surface area contributed by atoms with Gasteiger partial charge in [0.15, 0.2) is 3.58 Å². The minimum absolute atomic E-state index is 0.109. The van der Waals surface area contributed by atoms with Crippen LogP contribution in [0.2, 0.25) is 5.67 Å². The van der Waals surface area contributed by atoms with Crippen LogP contribution in [0.4, 0.5) is 0 Å². The summed E-state index contributed by atoms with van der Waals surface area (Å²) in [6.07, 6.45) is 0. The molecule has 0 aliphatic rings. The molecule has 0 amide bonds. The molecule has 0 aromatic heterocycles. The molecule has 0 aromatic rings. The van der Waals surface area contributed by atoms with Crippen molar-refractivity contribution in [3.05, 3.63) is 0 Å². The molecule has 0 aromatic carbocycles. The van der Waals surface area contributed by atoms with Crippen molar-refractivity contribution in [1.82, 2.24) is 0 Å². The van der Waals surface area contributed by atoms with Gasteiger partial charge in [-0.3, -0.25) is 0 Å². The molecule has 0 unspecified atom stereocenters. The van der Waals surface area contributed by atoms with Crippen molar-refractivity contribution < 1.29 is 0 Å². The summed E-state index contributed by atoms with van der Waals surface area (Å²) in [7, 11) is 0. The van der Waals surface area contributed by atoms with Crippen LogP contribution in [0.3, 0.4) is 0 Å². The molecule has 0 aliphatic heterocycles. The lowest BCUT2D eigenvalue weighted by atomic mass is 11.8. The molecule has 0 N–H and O–H groups in total. The molecule has 0 saturated carbocycles. The fourth-order valence-electron chi connectivity index (χ4n) is 0.570. The zero-order chi connectivity index (χ0) is 12.7. The Balaban J connectivity index is 5.03. The molecule has 0 bridgehead atoms. The van der Waals surface area contributed by atoms with Gasteiger partial charge < -0.3 is 0 Å². The third-order valence-electron chi connectivity index (χ3n) is 1.24.